The summed E-state index contributed by atoms with van der Waals surface area (Å²) in [6.45, 7) is 8.10. The van der Waals surface area contributed by atoms with E-state index in [1.54, 1.807) is 13.0 Å². The van der Waals surface area contributed by atoms with E-state index in [4.69, 9.17) is 4.52 Å². The third-order valence-corrected chi connectivity index (χ3v) is 2.88. The van der Waals surface area contributed by atoms with Gasteiger partial charge in [-0.05, 0) is 26.8 Å². The average molecular weight is 262 g/mol. The molecule has 2 aromatic heterocycles. The standard InChI is InChI=1S/C13H18N4O2/c1-8(7-17-10(3)5-9(2)15-17)13(18)14-12-6-11(4)19-16-12/h5-6,8H,7H2,1-4H3,(H,14,16,18)/t8-/m1/s1. The van der Waals surface area contributed by atoms with Crippen LogP contribution >= 0.6 is 0 Å². The number of nitrogens with one attached hydrogen (secondary N) is 1. The Balaban J connectivity index is 1.97. The van der Waals surface area contributed by atoms with Gasteiger partial charge in [-0.1, -0.05) is 12.1 Å². The second-order valence-corrected chi connectivity index (χ2v) is 4.82. The van der Waals surface area contributed by atoms with Gasteiger partial charge in [-0.3, -0.25) is 9.48 Å². The molecule has 0 saturated carbocycles. The largest absolute Gasteiger partial charge is 0.360 e. The average Bonchev–Trinajstić information content (AvgIpc) is 2.85. The predicted octanol–water partition coefficient (Wildman–Crippen LogP) is 2.07. The lowest BCUT2D eigenvalue weighted by Gasteiger charge is -2.11. The molecule has 0 saturated heterocycles. The number of aromatic nitrogens is 3. The zero-order valence-corrected chi connectivity index (χ0v) is 11.6. The summed E-state index contributed by atoms with van der Waals surface area (Å²) in [4.78, 5) is 12.0. The lowest BCUT2D eigenvalue weighted by molar-refractivity contribution is -0.119. The highest BCUT2D eigenvalue weighted by molar-refractivity contribution is 5.91. The molecule has 102 valence electrons. The normalized spacial score (nSPS) is 12.4. The molecular weight excluding hydrogens is 244 g/mol. The highest BCUT2D eigenvalue weighted by atomic mass is 16.5. The van der Waals surface area contributed by atoms with Crippen molar-refractivity contribution in [1.82, 2.24) is 14.9 Å². The first-order valence-corrected chi connectivity index (χ1v) is 6.21. The Hall–Kier alpha value is -2.11. The topological polar surface area (TPSA) is 73.0 Å². The second-order valence-electron chi connectivity index (χ2n) is 4.82. The van der Waals surface area contributed by atoms with Crippen LogP contribution in [0.5, 0.6) is 0 Å². The molecule has 0 aliphatic carbocycles. The smallest absolute Gasteiger partial charge is 0.230 e. The van der Waals surface area contributed by atoms with Crippen molar-refractivity contribution in [2.24, 2.45) is 5.92 Å². The molecule has 0 radical (unpaired) electrons. The van der Waals surface area contributed by atoms with Crippen molar-refractivity contribution in [3.63, 3.8) is 0 Å². The SMILES string of the molecule is Cc1cc(C)n(C[C@@H](C)C(=O)Nc2cc(C)on2)n1. The lowest BCUT2D eigenvalue weighted by atomic mass is 10.1. The third kappa shape index (κ3) is 3.21. The molecule has 1 amide bonds. The van der Waals surface area contributed by atoms with E-state index in [0.29, 0.717) is 18.1 Å². The number of amides is 1. The van der Waals surface area contributed by atoms with Crippen molar-refractivity contribution in [2.45, 2.75) is 34.2 Å². The van der Waals surface area contributed by atoms with E-state index in [1.165, 1.54) is 0 Å². The molecule has 2 aromatic rings. The van der Waals surface area contributed by atoms with Gasteiger partial charge in [0, 0.05) is 11.8 Å². The van der Waals surface area contributed by atoms with Crippen LogP contribution in [-0.2, 0) is 11.3 Å². The third-order valence-electron chi connectivity index (χ3n) is 2.88. The zero-order valence-electron chi connectivity index (χ0n) is 11.6. The molecule has 0 bridgehead atoms. The second kappa shape index (κ2) is 5.26. The van der Waals surface area contributed by atoms with Gasteiger partial charge in [-0.15, -0.1) is 0 Å². The van der Waals surface area contributed by atoms with Crippen LogP contribution in [0.1, 0.15) is 24.1 Å². The van der Waals surface area contributed by atoms with Crippen LogP contribution in [0.2, 0.25) is 0 Å². The lowest BCUT2D eigenvalue weighted by Crippen LogP contribution is -2.25. The van der Waals surface area contributed by atoms with Crippen molar-refractivity contribution >= 4 is 11.7 Å². The summed E-state index contributed by atoms with van der Waals surface area (Å²) in [6, 6.07) is 3.68. The molecule has 2 heterocycles. The monoisotopic (exact) mass is 262 g/mol. The number of aryl methyl sites for hydroxylation is 3. The van der Waals surface area contributed by atoms with Gasteiger partial charge in [0.25, 0.3) is 0 Å². The Morgan fingerprint density at radius 2 is 2.16 bits per heavy atom. The molecule has 0 aliphatic rings. The van der Waals surface area contributed by atoms with Gasteiger partial charge in [-0.2, -0.15) is 5.10 Å². The molecule has 1 atom stereocenters. The summed E-state index contributed by atoms with van der Waals surface area (Å²) in [7, 11) is 0. The number of hydrogen-bond acceptors (Lipinski definition) is 4. The first-order chi connectivity index (χ1) is 8.95. The summed E-state index contributed by atoms with van der Waals surface area (Å²) < 4.78 is 6.74. The Morgan fingerprint density at radius 1 is 1.42 bits per heavy atom. The molecule has 6 nitrogen and oxygen atoms in total. The van der Waals surface area contributed by atoms with Crippen molar-refractivity contribution in [1.29, 1.82) is 0 Å². The zero-order chi connectivity index (χ0) is 14.0. The highest BCUT2D eigenvalue weighted by Gasteiger charge is 2.16. The van der Waals surface area contributed by atoms with Crippen molar-refractivity contribution < 1.29 is 9.32 Å². The van der Waals surface area contributed by atoms with E-state index in [9.17, 15) is 4.79 Å². The summed E-state index contributed by atoms with van der Waals surface area (Å²) in [6.07, 6.45) is 0. The number of carbonyl (C=O) groups is 1. The van der Waals surface area contributed by atoms with E-state index in [2.05, 4.69) is 15.6 Å². The number of anilines is 1. The minimum Gasteiger partial charge on any atom is -0.360 e. The van der Waals surface area contributed by atoms with Crippen LogP contribution < -0.4 is 5.32 Å². The first-order valence-electron chi connectivity index (χ1n) is 6.21. The number of carbonyl (C=O) groups excluding carboxylic acids is 1. The number of nitrogens with zero attached hydrogens (tertiary/aromatic N) is 3. The van der Waals surface area contributed by atoms with Gasteiger partial charge in [0.15, 0.2) is 5.82 Å². The van der Waals surface area contributed by atoms with Crippen LogP contribution in [-0.4, -0.2) is 20.8 Å². The maximum atomic E-state index is 12.0. The van der Waals surface area contributed by atoms with Gasteiger partial charge < -0.3 is 9.84 Å². The van der Waals surface area contributed by atoms with Crippen LogP contribution in [0.4, 0.5) is 5.82 Å². The van der Waals surface area contributed by atoms with E-state index < -0.39 is 0 Å². The summed E-state index contributed by atoms with van der Waals surface area (Å²) in [5.41, 5.74) is 2.01. The molecule has 2 rings (SSSR count). The number of hydrogen-bond donors (Lipinski definition) is 1. The van der Waals surface area contributed by atoms with Crippen molar-refractivity contribution in [3.05, 3.63) is 29.3 Å². The Labute approximate surface area is 111 Å². The highest BCUT2D eigenvalue weighted by Crippen LogP contribution is 2.11. The minimum absolute atomic E-state index is 0.0964. The Bertz CT molecular complexity index is 585. The van der Waals surface area contributed by atoms with Crippen LogP contribution in [0.15, 0.2) is 16.7 Å². The van der Waals surface area contributed by atoms with E-state index >= 15 is 0 Å². The van der Waals surface area contributed by atoms with Gasteiger partial charge in [0.05, 0.1) is 18.2 Å². The fourth-order valence-electron chi connectivity index (χ4n) is 1.88. The Kier molecular flexibility index (Phi) is 3.69. The fourth-order valence-corrected chi connectivity index (χ4v) is 1.88. The molecule has 0 unspecified atom stereocenters. The van der Waals surface area contributed by atoms with E-state index in [1.807, 2.05) is 31.5 Å². The van der Waals surface area contributed by atoms with Gasteiger partial charge in [0.1, 0.15) is 5.76 Å². The maximum absolute atomic E-state index is 12.0. The van der Waals surface area contributed by atoms with E-state index in [-0.39, 0.29) is 11.8 Å². The Morgan fingerprint density at radius 3 is 2.68 bits per heavy atom. The summed E-state index contributed by atoms with van der Waals surface area (Å²) in [5.74, 6) is 0.820. The van der Waals surface area contributed by atoms with Crippen LogP contribution in [0.25, 0.3) is 0 Å². The fraction of sp³-hybridized carbons (Fsp3) is 0.462. The molecular formula is C13H18N4O2. The van der Waals surface area contributed by atoms with Crippen LogP contribution in [0, 0.1) is 26.7 Å². The van der Waals surface area contributed by atoms with Crippen molar-refractivity contribution in [2.75, 3.05) is 5.32 Å². The van der Waals surface area contributed by atoms with Gasteiger partial charge in [0.2, 0.25) is 5.91 Å². The molecule has 6 heteroatoms. The molecule has 0 spiro atoms. The maximum Gasteiger partial charge on any atom is 0.230 e. The van der Waals surface area contributed by atoms with Gasteiger partial charge >= 0.3 is 0 Å². The molecule has 0 fully saturated rings. The summed E-state index contributed by atoms with van der Waals surface area (Å²) >= 11 is 0. The minimum atomic E-state index is -0.199. The molecule has 0 aromatic carbocycles. The summed E-state index contributed by atoms with van der Waals surface area (Å²) in [5, 5.41) is 10.8. The molecule has 1 N–H and O–H groups in total. The van der Waals surface area contributed by atoms with E-state index in [0.717, 1.165) is 11.4 Å². The molecule has 19 heavy (non-hydrogen) atoms. The molecule has 0 aliphatic heterocycles. The van der Waals surface area contributed by atoms with Crippen molar-refractivity contribution in [3.8, 4) is 0 Å². The van der Waals surface area contributed by atoms with Gasteiger partial charge in [-0.25, -0.2) is 0 Å². The predicted molar refractivity (Wildman–Crippen MR) is 70.7 cm³/mol. The quantitative estimate of drug-likeness (QED) is 0.915. The first kappa shape index (κ1) is 13.3. The number of rotatable bonds is 4. The van der Waals surface area contributed by atoms with Crippen LogP contribution in [0.3, 0.4) is 0 Å².